The number of amides is 1. The van der Waals surface area contributed by atoms with Gasteiger partial charge in [-0.3, -0.25) is 9.78 Å². The maximum Gasteiger partial charge on any atom is 0.255 e. The summed E-state index contributed by atoms with van der Waals surface area (Å²) in [6, 6.07) is 7.43. The van der Waals surface area contributed by atoms with Gasteiger partial charge in [-0.05, 0) is 35.6 Å². The van der Waals surface area contributed by atoms with Gasteiger partial charge in [-0.15, -0.1) is 0 Å². The molecule has 0 aliphatic rings. The summed E-state index contributed by atoms with van der Waals surface area (Å²) in [5.74, 6) is -0.234. The normalized spacial score (nSPS) is 11.3. The third-order valence-corrected chi connectivity index (χ3v) is 4.01. The molecule has 0 spiro atoms. The number of phenols is 1. The lowest BCUT2D eigenvalue weighted by Gasteiger charge is -2.22. The topological polar surface area (TPSA) is 62.2 Å². The van der Waals surface area contributed by atoms with Crippen molar-refractivity contribution in [2.45, 2.75) is 46.0 Å². The zero-order valence-corrected chi connectivity index (χ0v) is 14.9. The van der Waals surface area contributed by atoms with Crippen LogP contribution < -0.4 is 5.32 Å². The highest BCUT2D eigenvalue weighted by Crippen LogP contribution is 2.36. The van der Waals surface area contributed by atoms with Crippen LogP contribution in [0.25, 0.3) is 11.1 Å². The number of carbonyl (C=O) groups is 1. The first-order chi connectivity index (χ1) is 11.3. The maximum absolute atomic E-state index is 12.5. The molecule has 0 saturated carbocycles. The summed E-state index contributed by atoms with van der Waals surface area (Å²) in [5.41, 5.74) is 2.61. The standard InChI is InChI=1S/C20H26N2O2/c1-5-6-10-22-19(24)17-12-15(20(2,3)4)11-16(18(17)23)14-8-7-9-21-13-14/h7-9,11-13,23H,5-6,10H2,1-4H3,(H,22,24). The van der Waals surface area contributed by atoms with E-state index >= 15 is 0 Å². The molecule has 1 heterocycles. The molecule has 4 nitrogen and oxygen atoms in total. The minimum atomic E-state index is -0.239. The van der Waals surface area contributed by atoms with E-state index in [1.165, 1.54) is 0 Å². The third kappa shape index (κ3) is 4.13. The van der Waals surface area contributed by atoms with E-state index in [-0.39, 0.29) is 17.1 Å². The Morgan fingerprint density at radius 2 is 2.04 bits per heavy atom. The molecule has 2 aromatic rings. The lowest BCUT2D eigenvalue weighted by molar-refractivity contribution is 0.0950. The van der Waals surface area contributed by atoms with E-state index in [1.54, 1.807) is 18.5 Å². The summed E-state index contributed by atoms with van der Waals surface area (Å²) >= 11 is 0. The van der Waals surface area contributed by atoms with Gasteiger partial charge in [0.2, 0.25) is 0 Å². The Labute approximate surface area is 143 Å². The first kappa shape index (κ1) is 18.0. The average molecular weight is 326 g/mol. The van der Waals surface area contributed by atoms with Crippen molar-refractivity contribution >= 4 is 5.91 Å². The molecule has 0 saturated heterocycles. The number of benzene rings is 1. The van der Waals surface area contributed by atoms with Crippen LogP contribution in [0.15, 0.2) is 36.7 Å². The molecule has 128 valence electrons. The van der Waals surface area contributed by atoms with Crippen molar-refractivity contribution in [2.24, 2.45) is 0 Å². The van der Waals surface area contributed by atoms with Crippen molar-refractivity contribution in [2.75, 3.05) is 6.54 Å². The minimum Gasteiger partial charge on any atom is -0.506 e. The highest BCUT2D eigenvalue weighted by atomic mass is 16.3. The summed E-state index contributed by atoms with van der Waals surface area (Å²) in [6.45, 7) is 8.95. The van der Waals surface area contributed by atoms with Gasteiger partial charge in [0, 0.05) is 30.1 Å². The molecule has 1 aromatic carbocycles. The number of hydrogen-bond acceptors (Lipinski definition) is 3. The molecular formula is C20H26N2O2. The lowest BCUT2D eigenvalue weighted by atomic mass is 9.83. The molecule has 2 N–H and O–H groups in total. The number of nitrogens with zero attached hydrogens (tertiary/aromatic N) is 1. The monoisotopic (exact) mass is 326 g/mol. The summed E-state index contributed by atoms with van der Waals surface area (Å²) in [7, 11) is 0. The number of rotatable bonds is 5. The zero-order valence-electron chi connectivity index (χ0n) is 14.9. The fourth-order valence-corrected chi connectivity index (χ4v) is 2.46. The molecule has 0 radical (unpaired) electrons. The number of unbranched alkanes of at least 4 members (excludes halogenated alkanes) is 1. The summed E-state index contributed by atoms with van der Waals surface area (Å²) in [6.07, 6.45) is 5.31. The summed E-state index contributed by atoms with van der Waals surface area (Å²) in [5, 5.41) is 13.6. The number of carbonyl (C=O) groups excluding carboxylic acids is 1. The van der Waals surface area contributed by atoms with Gasteiger partial charge >= 0.3 is 0 Å². The predicted octanol–water partition coefficient (Wildman–Crippen LogP) is 4.28. The van der Waals surface area contributed by atoms with Crippen LogP contribution in [0.3, 0.4) is 0 Å². The van der Waals surface area contributed by atoms with Gasteiger partial charge < -0.3 is 10.4 Å². The SMILES string of the molecule is CCCCNC(=O)c1cc(C(C)(C)C)cc(-c2cccnc2)c1O. The van der Waals surface area contributed by atoms with Gasteiger partial charge in [0.1, 0.15) is 5.75 Å². The van der Waals surface area contributed by atoms with Gasteiger partial charge in [0.25, 0.3) is 5.91 Å². The first-order valence-corrected chi connectivity index (χ1v) is 8.40. The second-order valence-electron chi connectivity index (χ2n) is 7.02. The van der Waals surface area contributed by atoms with Crippen molar-refractivity contribution in [3.8, 4) is 16.9 Å². The largest absolute Gasteiger partial charge is 0.506 e. The van der Waals surface area contributed by atoms with Gasteiger partial charge in [-0.1, -0.05) is 40.2 Å². The maximum atomic E-state index is 12.5. The van der Waals surface area contributed by atoms with E-state index in [1.807, 2.05) is 18.2 Å². The molecule has 0 fully saturated rings. The van der Waals surface area contributed by atoms with E-state index in [9.17, 15) is 9.90 Å². The van der Waals surface area contributed by atoms with Gasteiger partial charge in [-0.25, -0.2) is 0 Å². The van der Waals surface area contributed by atoms with E-state index in [4.69, 9.17) is 0 Å². The first-order valence-electron chi connectivity index (χ1n) is 8.40. The van der Waals surface area contributed by atoms with Crippen LogP contribution in [0.1, 0.15) is 56.5 Å². The van der Waals surface area contributed by atoms with Crippen LogP contribution in [0, 0.1) is 0 Å². The van der Waals surface area contributed by atoms with Crippen molar-refractivity contribution in [3.63, 3.8) is 0 Å². The number of hydrogen-bond donors (Lipinski definition) is 2. The molecule has 1 aromatic heterocycles. The molecule has 1 amide bonds. The molecule has 0 bridgehead atoms. The quantitative estimate of drug-likeness (QED) is 0.806. The summed E-state index contributed by atoms with van der Waals surface area (Å²) in [4.78, 5) is 16.6. The number of nitrogens with one attached hydrogen (secondary N) is 1. The molecule has 2 rings (SSSR count). The molecule has 0 unspecified atom stereocenters. The van der Waals surface area contributed by atoms with Crippen LogP contribution in [0.5, 0.6) is 5.75 Å². The Morgan fingerprint density at radius 3 is 2.62 bits per heavy atom. The van der Waals surface area contributed by atoms with Gasteiger partial charge in [0.15, 0.2) is 0 Å². The Kier molecular flexibility index (Phi) is 5.60. The van der Waals surface area contributed by atoms with E-state index in [0.717, 1.165) is 24.0 Å². The zero-order chi connectivity index (χ0) is 17.7. The molecule has 0 aliphatic carbocycles. The van der Waals surface area contributed by atoms with Crippen molar-refractivity contribution in [3.05, 3.63) is 47.8 Å². The fraction of sp³-hybridized carbons (Fsp3) is 0.400. The second-order valence-corrected chi connectivity index (χ2v) is 7.02. The number of aromatic nitrogens is 1. The molecule has 24 heavy (non-hydrogen) atoms. The van der Waals surface area contributed by atoms with Gasteiger partial charge in [-0.2, -0.15) is 0 Å². The Balaban J connectivity index is 2.52. The Morgan fingerprint density at radius 1 is 1.29 bits per heavy atom. The summed E-state index contributed by atoms with van der Waals surface area (Å²) < 4.78 is 0. The highest BCUT2D eigenvalue weighted by molar-refractivity contribution is 5.99. The van der Waals surface area contributed by atoms with Crippen molar-refractivity contribution in [1.82, 2.24) is 10.3 Å². The van der Waals surface area contributed by atoms with Crippen molar-refractivity contribution in [1.29, 1.82) is 0 Å². The molecule has 0 aliphatic heterocycles. The van der Waals surface area contributed by atoms with E-state index in [2.05, 4.69) is 38.0 Å². The fourth-order valence-electron chi connectivity index (χ4n) is 2.46. The van der Waals surface area contributed by atoms with Crippen LogP contribution in [0.4, 0.5) is 0 Å². The van der Waals surface area contributed by atoms with Crippen LogP contribution >= 0.6 is 0 Å². The Bertz CT molecular complexity index is 704. The number of aromatic hydroxyl groups is 1. The van der Waals surface area contributed by atoms with Gasteiger partial charge in [0.05, 0.1) is 5.56 Å². The smallest absolute Gasteiger partial charge is 0.255 e. The second kappa shape index (κ2) is 7.47. The average Bonchev–Trinajstić information content (AvgIpc) is 2.55. The third-order valence-electron chi connectivity index (χ3n) is 4.01. The predicted molar refractivity (Wildman–Crippen MR) is 97.3 cm³/mol. The number of phenolic OH excluding ortho intramolecular Hbond substituents is 1. The van der Waals surface area contributed by atoms with Crippen LogP contribution in [0.2, 0.25) is 0 Å². The van der Waals surface area contributed by atoms with Crippen LogP contribution in [-0.4, -0.2) is 22.5 Å². The lowest BCUT2D eigenvalue weighted by Crippen LogP contribution is -2.25. The van der Waals surface area contributed by atoms with Crippen LogP contribution in [-0.2, 0) is 5.41 Å². The number of pyridine rings is 1. The molecular weight excluding hydrogens is 300 g/mol. The van der Waals surface area contributed by atoms with E-state index < -0.39 is 0 Å². The minimum absolute atomic E-state index is 0.00463. The molecule has 0 atom stereocenters. The van der Waals surface area contributed by atoms with E-state index in [0.29, 0.717) is 17.7 Å². The molecule has 4 heteroatoms. The van der Waals surface area contributed by atoms with Crippen molar-refractivity contribution < 1.29 is 9.90 Å². The Hall–Kier alpha value is -2.36. The highest BCUT2D eigenvalue weighted by Gasteiger charge is 2.22.